The molecule has 0 spiro atoms. The second-order valence-corrected chi connectivity index (χ2v) is 8.44. The number of nitroso groups, excluding NO2 is 1. The number of fused-ring (bicyclic) bond motifs is 3. The Kier molecular flexibility index (Phi) is 4.06. The van der Waals surface area contributed by atoms with Gasteiger partial charge in [-0.15, -0.1) is 4.91 Å². The first-order valence-electron chi connectivity index (χ1n) is 9.68. The van der Waals surface area contributed by atoms with Crippen LogP contribution in [0.2, 0.25) is 0 Å². The Bertz CT molecular complexity index is 699. The number of carbonyl (C=O) groups is 2. The molecule has 3 saturated carbocycles. The summed E-state index contributed by atoms with van der Waals surface area (Å²) in [6, 6.07) is -0.103. The fourth-order valence-corrected chi connectivity index (χ4v) is 6.15. The van der Waals surface area contributed by atoms with Gasteiger partial charge >= 0.3 is 5.97 Å². The smallest absolute Gasteiger partial charge is 0.310 e. The van der Waals surface area contributed by atoms with Crippen LogP contribution in [-0.2, 0) is 19.2 Å². The maximum absolute atomic E-state index is 13.0. The second-order valence-electron chi connectivity index (χ2n) is 8.44. The first-order valence-corrected chi connectivity index (χ1v) is 9.68. The van der Waals surface area contributed by atoms with E-state index in [-0.39, 0.29) is 60.5 Å². The van der Waals surface area contributed by atoms with Gasteiger partial charge in [-0.2, -0.15) is 0 Å². The summed E-state index contributed by atoms with van der Waals surface area (Å²) in [5.41, 5.74) is 2.25. The molecule has 5 aliphatic rings. The Morgan fingerprint density at radius 2 is 2.00 bits per heavy atom. The molecular weight excluding hydrogens is 354 g/mol. The topological polar surface area (TPSA) is 120 Å². The van der Waals surface area contributed by atoms with E-state index >= 15 is 0 Å². The van der Waals surface area contributed by atoms with Gasteiger partial charge in [0.05, 0.1) is 5.92 Å². The Labute approximate surface area is 155 Å². The molecule has 9 atom stereocenters. The number of ketones is 1. The fourth-order valence-electron chi connectivity index (χ4n) is 6.15. The molecule has 4 aliphatic carbocycles. The third-order valence-electron chi connectivity index (χ3n) is 7.22. The summed E-state index contributed by atoms with van der Waals surface area (Å²) in [7, 11) is 0. The Balaban J connectivity index is 1.28. The predicted molar refractivity (Wildman–Crippen MR) is 91.1 cm³/mol. The van der Waals surface area contributed by atoms with Crippen LogP contribution in [0.4, 0.5) is 0 Å². The summed E-state index contributed by atoms with van der Waals surface area (Å²) >= 11 is 0. The molecule has 1 heterocycles. The van der Waals surface area contributed by atoms with Crippen LogP contribution >= 0.6 is 0 Å². The molecule has 9 unspecified atom stereocenters. The van der Waals surface area contributed by atoms with Gasteiger partial charge < -0.3 is 14.8 Å². The highest BCUT2D eigenvalue weighted by Crippen LogP contribution is 2.55. The lowest BCUT2D eigenvalue weighted by atomic mass is 9.79. The van der Waals surface area contributed by atoms with Gasteiger partial charge in [0.1, 0.15) is 18.0 Å². The van der Waals surface area contributed by atoms with Gasteiger partial charge in [-0.1, -0.05) is 12.2 Å². The highest BCUT2D eigenvalue weighted by atomic mass is 16.9. The van der Waals surface area contributed by atoms with Gasteiger partial charge in [-0.25, -0.2) is 0 Å². The van der Waals surface area contributed by atoms with E-state index in [0.29, 0.717) is 11.6 Å². The molecule has 146 valence electrons. The lowest BCUT2D eigenvalue weighted by molar-refractivity contribution is -0.178. The molecular formula is C18H22N3O6-. The third kappa shape index (κ3) is 2.55. The van der Waals surface area contributed by atoms with E-state index < -0.39 is 17.9 Å². The van der Waals surface area contributed by atoms with Crippen LogP contribution in [0.1, 0.15) is 25.7 Å². The zero-order valence-electron chi connectivity index (χ0n) is 14.7. The maximum atomic E-state index is 13.0. The lowest BCUT2D eigenvalue weighted by Crippen LogP contribution is -2.42. The largest absolute Gasteiger partial charge is 0.762 e. The van der Waals surface area contributed by atoms with Crippen molar-refractivity contribution < 1.29 is 19.2 Å². The highest BCUT2D eigenvalue weighted by Gasteiger charge is 2.61. The number of hydrogen-bond donors (Lipinski definition) is 1. The Morgan fingerprint density at radius 1 is 1.22 bits per heavy atom. The Hall–Kier alpha value is -1.84. The first kappa shape index (κ1) is 17.3. The van der Waals surface area contributed by atoms with Gasteiger partial charge in [0.15, 0.2) is 0 Å². The highest BCUT2D eigenvalue weighted by molar-refractivity contribution is 5.89. The van der Waals surface area contributed by atoms with Gasteiger partial charge in [0, 0.05) is 42.0 Å². The van der Waals surface area contributed by atoms with Gasteiger partial charge in [-0.05, 0) is 31.1 Å². The predicted octanol–water partition coefficient (Wildman–Crippen LogP) is 1.09. The molecule has 27 heavy (non-hydrogen) atoms. The summed E-state index contributed by atoms with van der Waals surface area (Å²) < 4.78 is 5.87. The number of allylic oxidation sites excluding steroid dienone is 2. The molecule has 0 amide bonds. The van der Waals surface area contributed by atoms with Crippen molar-refractivity contribution in [2.24, 2.45) is 40.8 Å². The summed E-state index contributed by atoms with van der Waals surface area (Å²) in [4.78, 5) is 41.2. The molecule has 0 aromatic carbocycles. The summed E-state index contributed by atoms with van der Waals surface area (Å²) in [5.74, 6) is -0.920. The molecule has 9 nitrogen and oxygen atoms in total. The number of hydrogen-bond acceptors (Lipinski definition) is 8. The van der Waals surface area contributed by atoms with Gasteiger partial charge in [-0.3, -0.25) is 20.2 Å². The summed E-state index contributed by atoms with van der Waals surface area (Å²) in [6.45, 7) is 0.171. The van der Waals surface area contributed by atoms with E-state index in [1.54, 1.807) is 0 Å². The van der Waals surface area contributed by atoms with Crippen molar-refractivity contribution >= 4 is 11.8 Å². The van der Waals surface area contributed by atoms with Crippen LogP contribution in [0.5, 0.6) is 0 Å². The van der Waals surface area contributed by atoms with Crippen molar-refractivity contribution in [2.75, 3.05) is 6.54 Å². The van der Waals surface area contributed by atoms with E-state index in [4.69, 9.17) is 9.57 Å². The molecule has 1 N–H and O–H groups in total. The third-order valence-corrected chi connectivity index (χ3v) is 7.22. The van der Waals surface area contributed by atoms with Crippen LogP contribution in [0.3, 0.4) is 0 Å². The fraction of sp³-hybridized carbons (Fsp3) is 0.778. The Morgan fingerprint density at radius 3 is 2.78 bits per heavy atom. The molecule has 1 aliphatic heterocycles. The molecule has 4 fully saturated rings. The van der Waals surface area contributed by atoms with Crippen LogP contribution in [0.25, 0.3) is 0 Å². The van der Waals surface area contributed by atoms with E-state index in [9.17, 15) is 19.7 Å². The number of Topliss-reactive ketones (excluding diaryl/α,β-unsaturated/α-hetero) is 1. The average molecular weight is 376 g/mol. The molecule has 9 heteroatoms. The standard InChI is InChI=1S/C18H22N3O6/c22-13(3-4-19-20-24)14-8-1-2-9(5-8)15(14)18(23)26-16-10-6-11-12(7-10)21(25)27-17(11)16/h1-2,8-12,14-17H,3-7H2,(H,19,24)/q-1. The summed E-state index contributed by atoms with van der Waals surface area (Å²) in [6.07, 6.45) is 5.78. The van der Waals surface area contributed by atoms with Crippen molar-refractivity contribution in [3.05, 3.63) is 22.3 Å². The second kappa shape index (κ2) is 6.35. The first-order chi connectivity index (χ1) is 13.1. The average Bonchev–Trinajstić information content (AvgIpc) is 3.43. The van der Waals surface area contributed by atoms with E-state index in [1.807, 2.05) is 12.2 Å². The molecule has 0 radical (unpaired) electrons. The number of nitrogens with zero attached hydrogens (tertiary/aromatic N) is 2. The van der Waals surface area contributed by atoms with E-state index in [0.717, 1.165) is 12.8 Å². The molecule has 0 aromatic rings. The number of hydroxylamine groups is 2. The molecule has 4 bridgehead atoms. The van der Waals surface area contributed by atoms with Gasteiger partial charge in [0.25, 0.3) is 0 Å². The number of ether oxygens (including phenoxy) is 1. The molecule has 1 saturated heterocycles. The molecule has 0 aromatic heterocycles. The summed E-state index contributed by atoms with van der Waals surface area (Å²) in [5, 5.41) is 15.1. The van der Waals surface area contributed by atoms with E-state index in [1.165, 1.54) is 0 Å². The van der Waals surface area contributed by atoms with Crippen molar-refractivity contribution in [3.63, 3.8) is 0 Å². The number of carbonyl (C=O) groups excluding carboxylic acids is 2. The minimum absolute atomic E-state index is 0.0143. The van der Waals surface area contributed by atoms with Crippen molar-refractivity contribution in [2.45, 2.75) is 43.9 Å². The van der Waals surface area contributed by atoms with Gasteiger partial charge in [0.2, 0.25) is 0 Å². The number of nitrogens with one attached hydrogen (secondary N) is 1. The van der Waals surface area contributed by atoms with Crippen molar-refractivity contribution in [1.82, 2.24) is 10.7 Å². The van der Waals surface area contributed by atoms with E-state index in [2.05, 4.69) is 10.7 Å². The SMILES string of the molecule is O=NNCCC(=O)C1C2C=CC(C2)C1C(=O)OC1C2CC3C1ON([O-])C3C2. The number of esters is 1. The van der Waals surface area contributed by atoms with Crippen LogP contribution < -0.4 is 5.43 Å². The zero-order valence-corrected chi connectivity index (χ0v) is 14.7. The quantitative estimate of drug-likeness (QED) is 0.230. The molecule has 5 rings (SSSR count). The lowest BCUT2D eigenvalue weighted by Gasteiger charge is -2.30. The maximum Gasteiger partial charge on any atom is 0.310 e. The normalized spacial score (nSPS) is 46.2. The van der Waals surface area contributed by atoms with Crippen LogP contribution in [-0.4, -0.2) is 41.8 Å². The minimum Gasteiger partial charge on any atom is -0.762 e. The van der Waals surface area contributed by atoms with Crippen molar-refractivity contribution in [3.8, 4) is 0 Å². The number of rotatable bonds is 7. The minimum atomic E-state index is -0.489. The van der Waals surface area contributed by atoms with Crippen molar-refractivity contribution in [1.29, 1.82) is 0 Å². The van der Waals surface area contributed by atoms with Crippen LogP contribution in [0.15, 0.2) is 17.4 Å². The monoisotopic (exact) mass is 376 g/mol. The zero-order chi connectivity index (χ0) is 18.7. The van der Waals surface area contributed by atoms with Crippen LogP contribution in [0, 0.1) is 45.6 Å².